The summed E-state index contributed by atoms with van der Waals surface area (Å²) in [5.41, 5.74) is 10.3. The Morgan fingerprint density at radius 1 is 0.913 bits per heavy atom. The van der Waals surface area contributed by atoms with Crippen LogP contribution in [0.4, 0.5) is 0 Å². The molecule has 0 atom stereocenters. The van der Waals surface area contributed by atoms with Crippen molar-refractivity contribution >= 4 is 11.9 Å². The van der Waals surface area contributed by atoms with E-state index in [2.05, 4.69) is 18.7 Å². The monoisotopic (exact) mass is 514 g/mol. The molecule has 6 N–H and O–H groups in total. The molecule has 0 aliphatic heterocycles. The molecule has 0 aliphatic carbocycles. The summed E-state index contributed by atoms with van der Waals surface area (Å²) in [7, 11) is 0. The van der Waals surface area contributed by atoms with Crippen molar-refractivity contribution in [3.05, 3.63) is 0 Å². The number of carbonyl (C=O) groups is 2. The zero-order valence-corrected chi connectivity index (χ0v) is 16.5. The van der Waals surface area contributed by atoms with Crippen molar-refractivity contribution in [2.75, 3.05) is 32.7 Å². The Balaban J connectivity index is -0.000000487. The van der Waals surface area contributed by atoms with Gasteiger partial charge in [-0.2, -0.15) is 0 Å². The largest absolute Gasteiger partial charge is 0.481 e. The molecule has 0 unspecified atom stereocenters. The zero-order chi connectivity index (χ0) is 17.4. The Morgan fingerprint density at radius 3 is 1.65 bits per heavy atom. The van der Waals surface area contributed by atoms with Crippen molar-refractivity contribution in [3.63, 3.8) is 0 Å². The molecule has 0 saturated heterocycles. The van der Waals surface area contributed by atoms with Crippen LogP contribution in [0, 0.1) is 5.92 Å². The molecule has 0 aromatic heterocycles. The number of unbranched alkanes of at least 4 members (excludes halogenated alkanes) is 2. The van der Waals surface area contributed by atoms with E-state index in [4.69, 9.17) is 21.7 Å². The van der Waals surface area contributed by atoms with Gasteiger partial charge >= 0.3 is 11.9 Å². The molecule has 0 saturated carbocycles. The van der Waals surface area contributed by atoms with Gasteiger partial charge < -0.3 is 26.6 Å². The fraction of sp³-hybridized carbons (Fsp3) is 0.867. The van der Waals surface area contributed by atoms with Crippen LogP contribution in [0.1, 0.15) is 46.0 Å². The fourth-order valence-corrected chi connectivity index (χ4v) is 1.86. The molecule has 8 heteroatoms. The summed E-state index contributed by atoms with van der Waals surface area (Å²) in [6.45, 7) is 8.53. The molecule has 142 valence electrons. The van der Waals surface area contributed by atoms with Gasteiger partial charge in [0.2, 0.25) is 0 Å². The summed E-state index contributed by atoms with van der Waals surface area (Å²) in [6, 6.07) is 0. The third kappa shape index (κ3) is 17.7. The van der Waals surface area contributed by atoms with Crippen molar-refractivity contribution in [1.82, 2.24) is 4.90 Å². The number of rotatable bonds is 12. The van der Waals surface area contributed by atoms with Gasteiger partial charge in [0.05, 0.1) is 0 Å². The first-order valence-electron chi connectivity index (χ1n) is 8.02. The first kappa shape index (κ1) is 27.4. The molecule has 0 aliphatic rings. The van der Waals surface area contributed by atoms with Gasteiger partial charge in [0.1, 0.15) is 0 Å². The van der Waals surface area contributed by atoms with E-state index in [0.29, 0.717) is 6.42 Å². The number of carboxylic acids is 2. The van der Waals surface area contributed by atoms with Gasteiger partial charge in [0.25, 0.3) is 0 Å². The van der Waals surface area contributed by atoms with Gasteiger partial charge in [-0.1, -0.05) is 20.3 Å². The van der Waals surface area contributed by atoms with Crippen molar-refractivity contribution < 1.29 is 40.9 Å². The normalized spacial score (nSPS) is 10.0. The molecular formula is C15H33N3O4Pt. The maximum absolute atomic E-state index is 10.6. The Kier molecular flexibility index (Phi) is 23.3. The second-order valence-electron chi connectivity index (χ2n) is 5.04. The number of hydrogen-bond donors (Lipinski definition) is 4. The molecule has 0 bridgehead atoms. The van der Waals surface area contributed by atoms with E-state index in [1.807, 2.05) is 0 Å². The second kappa shape index (κ2) is 19.6. The summed E-state index contributed by atoms with van der Waals surface area (Å²) < 4.78 is 0. The van der Waals surface area contributed by atoms with Crippen LogP contribution in [-0.4, -0.2) is 59.8 Å². The van der Waals surface area contributed by atoms with E-state index in [0.717, 1.165) is 52.0 Å². The maximum atomic E-state index is 10.6. The van der Waals surface area contributed by atoms with E-state index in [1.165, 1.54) is 0 Å². The summed E-state index contributed by atoms with van der Waals surface area (Å²) >= 11 is 0. The molecule has 0 rings (SSSR count). The predicted molar refractivity (Wildman–Crippen MR) is 87.7 cm³/mol. The maximum Gasteiger partial charge on any atom is 0.317 e. The minimum absolute atomic E-state index is 0. The van der Waals surface area contributed by atoms with Gasteiger partial charge in [-0.15, -0.1) is 0 Å². The summed E-state index contributed by atoms with van der Waals surface area (Å²) in [5, 5.41) is 17.3. The molecule has 0 aromatic carbocycles. The van der Waals surface area contributed by atoms with Gasteiger partial charge in [-0.3, -0.25) is 9.59 Å². The predicted octanol–water partition coefficient (Wildman–Crippen LogP) is 0.965. The first-order valence-corrected chi connectivity index (χ1v) is 8.02. The number of carboxylic acid groups (broad SMARTS) is 2. The average Bonchev–Trinajstić information content (AvgIpc) is 2.48. The summed E-state index contributed by atoms with van der Waals surface area (Å²) in [6.07, 6.45) is 3.83. The Hall–Kier alpha value is -0.492. The molecule has 7 nitrogen and oxygen atoms in total. The Bertz CT molecular complexity index is 272. The molecule has 0 fully saturated rings. The van der Waals surface area contributed by atoms with Gasteiger partial charge in [-0.05, 0) is 58.4 Å². The van der Waals surface area contributed by atoms with Gasteiger partial charge in [-0.25, -0.2) is 0 Å². The summed E-state index contributed by atoms with van der Waals surface area (Å²) in [5.74, 6) is -3.73. The second-order valence-corrected chi connectivity index (χ2v) is 5.04. The molecule has 0 amide bonds. The van der Waals surface area contributed by atoms with E-state index >= 15 is 0 Å². The summed E-state index contributed by atoms with van der Waals surface area (Å²) in [4.78, 5) is 23.4. The van der Waals surface area contributed by atoms with Crippen molar-refractivity contribution in [2.24, 2.45) is 17.4 Å². The number of hydrogen-bond acceptors (Lipinski definition) is 5. The standard InChI is InChI=1S/C11H21NO4.C4H12N2.Pt/c1-3-12(4-2)8-6-5-7-9(10(13)14)11(15)16;5-3-1-2-4-6;/h9H,3-8H2,1-2H3,(H,13,14)(H,15,16);1-6H2;. The van der Waals surface area contributed by atoms with Crippen LogP contribution in [0.3, 0.4) is 0 Å². The Labute approximate surface area is 154 Å². The zero-order valence-electron chi connectivity index (χ0n) is 14.3. The van der Waals surface area contributed by atoms with Crippen molar-refractivity contribution in [3.8, 4) is 0 Å². The van der Waals surface area contributed by atoms with Crippen LogP contribution in [0.5, 0.6) is 0 Å². The quantitative estimate of drug-likeness (QED) is 0.226. The molecule has 0 aromatic rings. The van der Waals surface area contributed by atoms with Crippen molar-refractivity contribution in [2.45, 2.75) is 46.0 Å². The first-order chi connectivity index (χ1) is 10.4. The van der Waals surface area contributed by atoms with Gasteiger partial charge in [0.15, 0.2) is 5.92 Å². The number of nitrogens with two attached hydrogens (primary N) is 2. The van der Waals surface area contributed by atoms with E-state index in [9.17, 15) is 9.59 Å². The number of nitrogens with zero attached hydrogens (tertiary/aromatic N) is 1. The Morgan fingerprint density at radius 2 is 1.35 bits per heavy atom. The minimum Gasteiger partial charge on any atom is -0.481 e. The van der Waals surface area contributed by atoms with E-state index in [-0.39, 0.29) is 27.5 Å². The van der Waals surface area contributed by atoms with Crippen LogP contribution in [0.2, 0.25) is 0 Å². The average molecular weight is 515 g/mol. The third-order valence-corrected chi connectivity index (χ3v) is 3.37. The van der Waals surface area contributed by atoms with Crippen LogP contribution >= 0.6 is 0 Å². The fourth-order valence-electron chi connectivity index (χ4n) is 1.86. The SMILES string of the molecule is CCN(CC)CCCCC(C(=O)O)C(=O)O.NCCCCN.[Pt]. The van der Waals surface area contributed by atoms with Crippen LogP contribution in [0.15, 0.2) is 0 Å². The molecule has 23 heavy (non-hydrogen) atoms. The smallest absolute Gasteiger partial charge is 0.317 e. The van der Waals surface area contributed by atoms with E-state index < -0.39 is 17.9 Å². The van der Waals surface area contributed by atoms with E-state index in [1.54, 1.807) is 0 Å². The minimum atomic E-state index is -1.25. The van der Waals surface area contributed by atoms with Crippen LogP contribution in [-0.2, 0) is 30.7 Å². The topological polar surface area (TPSA) is 130 Å². The van der Waals surface area contributed by atoms with Crippen LogP contribution in [0.25, 0.3) is 0 Å². The molecule has 0 radical (unpaired) electrons. The molecule has 0 spiro atoms. The molecular weight excluding hydrogens is 481 g/mol. The van der Waals surface area contributed by atoms with Crippen molar-refractivity contribution in [1.29, 1.82) is 0 Å². The van der Waals surface area contributed by atoms with Gasteiger partial charge in [0, 0.05) is 21.1 Å². The molecule has 0 heterocycles. The third-order valence-electron chi connectivity index (χ3n) is 3.37. The van der Waals surface area contributed by atoms with Crippen LogP contribution < -0.4 is 11.5 Å². The number of aliphatic carboxylic acids is 2.